The van der Waals surface area contributed by atoms with Gasteiger partial charge in [-0.05, 0) is 60.8 Å². The van der Waals surface area contributed by atoms with Crippen LogP contribution in [0.1, 0.15) is 72.8 Å². The van der Waals surface area contributed by atoms with E-state index in [1.165, 1.54) is 22.3 Å². The van der Waals surface area contributed by atoms with Crippen molar-refractivity contribution in [1.82, 2.24) is 20.4 Å². The Labute approximate surface area is 311 Å². The van der Waals surface area contributed by atoms with Gasteiger partial charge in [0.15, 0.2) is 6.10 Å². The zero-order chi connectivity index (χ0) is 35.3. The van der Waals surface area contributed by atoms with Gasteiger partial charge in [0.25, 0.3) is 5.82 Å². The molecule has 0 spiro atoms. The number of aliphatic hydroxyl groups is 1. The van der Waals surface area contributed by atoms with Crippen LogP contribution in [0.3, 0.4) is 0 Å². The number of aryl methyl sites for hydroxylation is 1. The van der Waals surface area contributed by atoms with Crippen LogP contribution in [0.4, 0.5) is 19.3 Å². The minimum absolute atomic E-state index is 0. The molecular weight excluding hydrogens is 719 g/mol. The quantitative estimate of drug-likeness (QED) is 0.140. The molecule has 3 atom stereocenters. The Morgan fingerprint density at radius 2 is 1.84 bits per heavy atom. The summed E-state index contributed by atoms with van der Waals surface area (Å²) < 4.78 is 36.8. The smallest absolute Gasteiger partial charge is 0.412 e. The number of nitriles is 1. The fourth-order valence-corrected chi connectivity index (χ4v) is 6.33. The molecule has 0 fully saturated rings. The monoisotopic (exact) mass is 757 g/mol. The average Bonchev–Trinajstić information content (AvgIpc) is 3.76. The third-order valence-electron chi connectivity index (χ3n) is 8.19. The van der Waals surface area contributed by atoms with Gasteiger partial charge in [-0.2, -0.15) is 15.0 Å². The summed E-state index contributed by atoms with van der Waals surface area (Å²) in [4.78, 5) is 22.0. The minimum atomic E-state index is -1.99. The van der Waals surface area contributed by atoms with Crippen molar-refractivity contribution >= 4 is 35.5 Å². The predicted molar refractivity (Wildman–Crippen MR) is 189 cm³/mol. The molecule has 4 N–H and O–H groups in total. The molecule has 5 rings (SSSR count). The number of H-pyrrole nitrogens is 1. The first-order valence-electron chi connectivity index (χ1n) is 15.7. The maximum absolute atomic E-state index is 15.3. The number of carbonyl (C=O) groups is 1. The second-order valence-corrected chi connectivity index (χ2v) is 13.2. The number of rotatable bonds is 12. The number of anilines is 1. The van der Waals surface area contributed by atoms with E-state index in [4.69, 9.17) is 15.0 Å². The molecule has 15 heteroatoms. The van der Waals surface area contributed by atoms with Gasteiger partial charge in [-0.1, -0.05) is 50.6 Å². The Kier molecular flexibility index (Phi) is 14.2. The van der Waals surface area contributed by atoms with Crippen LogP contribution in [-0.2, 0) is 23.4 Å². The van der Waals surface area contributed by atoms with Gasteiger partial charge in [0.1, 0.15) is 23.8 Å². The number of aromatic nitrogens is 4. The number of hydrogen-bond acceptors (Lipinski definition) is 8. The zero-order valence-electron chi connectivity index (χ0n) is 28.6. The van der Waals surface area contributed by atoms with E-state index < -0.39 is 35.4 Å². The number of nitrogens with zero attached hydrogens (tertiary/aromatic N) is 4. The second kappa shape index (κ2) is 17.7. The molecule has 0 saturated heterocycles. The number of halogens is 4. The van der Waals surface area contributed by atoms with E-state index in [0.29, 0.717) is 28.5 Å². The Bertz CT molecular complexity index is 1980. The highest BCUT2D eigenvalue weighted by Gasteiger charge is 2.44. The predicted octanol–water partition coefficient (Wildman–Crippen LogP) is 4.20. The standard InChI is InChI=1S/C36H37F2N7O3S.2ClH/c1-21(2)40-17-27-14-22(3)6-13-31(27)43-35(46)48-24(5)33-41-20-45(44-33)19-36(47,29-15-28(37)11-12-30(29)38)23(4)34-42-32(18-49-34)26-9-7-25(16-39)8-10-26;;/h6-15,18,20-21,23-24,40,47H,17,19H2,1-5H3,(H,43,46);2*1H/t23-,24?,36+;;/m0../s1. The van der Waals surface area contributed by atoms with Crippen LogP contribution in [-0.4, -0.2) is 32.3 Å². The largest absolute Gasteiger partial charge is 1.00 e. The van der Waals surface area contributed by atoms with E-state index in [9.17, 15) is 14.3 Å². The van der Waals surface area contributed by atoms with Crippen LogP contribution in [0.25, 0.3) is 11.3 Å². The Morgan fingerprint density at radius 1 is 1.12 bits per heavy atom. The lowest BCUT2D eigenvalue weighted by Crippen LogP contribution is -3.00. The van der Waals surface area contributed by atoms with E-state index in [-0.39, 0.29) is 48.8 Å². The molecule has 3 aromatic carbocycles. The van der Waals surface area contributed by atoms with Crippen molar-refractivity contribution < 1.29 is 40.5 Å². The first kappa shape index (κ1) is 41.0. The maximum atomic E-state index is 15.3. The number of benzene rings is 3. The van der Waals surface area contributed by atoms with Gasteiger partial charge < -0.3 is 27.6 Å². The third-order valence-corrected chi connectivity index (χ3v) is 9.21. The highest BCUT2D eigenvalue weighted by atomic mass is 35.5. The molecular formula is C36H39Cl2F2N7O3S. The molecule has 2 heterocycles. The summed E-state index contributed by atoms with van der Waals surface area (Å²) in [6, 6.07) is 17.9. The molecule has 0 radical (unpaired) electrons. The highest BCUT2D eigenvalue weighted by molar-refractivity contribution is 7.10. The number of amides is 1. The number of carbonyl (C=O) groups excluding carboxylic acids is 1. The molecule has 5 aromatic rings. The van der Waals surface area contributed by atoms with E-state index in [1.807, 2.05) is 44.4 Å². The van der Waals surface area contributed by atoms with Crippen molar-refractivity contribution in [3.8, 4) is 17.3 Å². The summed E-state index contributed by atoms with van der Waals surface area (Å²) >= 11 is 1.27. The minimum Gasteiger partial charge on any atom is -1.00 e. The van der Waals surface area contributed by atoms with E-state index >= 15 is 4.39 Å². The van der Waals surface area contributed by atoms with Gasteiger partial charge >= 0.3 is 12.4 Å². The lowest BCUT2D eigenvalue weighted by molar-refractivity contribution is -0.765. The molecule has 2 aromatic heterocycles. The average molecular weight is 759 g/mol. The van der Waals surface area contributed by atoms with Crippen molar-refractivity contribution in [2.24, 2.45) is 0 Å². The lowest BCUT2D eigenvalue weighted by atomic mass is 9.82. The first-order valence-corrected chi connectivity index (χ1v) is 16.6. The van der Waals surface area contributed by atoms with Crippen LogP contribution in [0, 0.1) is 29.9 Å². The van der Waals surface area contributed by atoms with Crippen LogP contribution in [0.15, 0.2) is 72.4 Å². The number of nitrogens with one attached hydrogen (secondary N) is 3. The fraction of sp³-hybridized carbons (Fsp3) is 0.306. The third kappa shape index (κ3) is 9.87. The van der Waals surface area contributed by atoms with Gasteiger partial charge in [0.05, 0.1) is 22.3 Å². The van der Waals surface area contributed by atoms with Crippen LogP contribution >= 0.6 is 23.7 Å². The second-order valence-electron chi connectivity index (χ2n) is 12.3. The molecule has 0 aliphatic carbocycles. The molecule has 1 amide bonds. The Balaban J connectivity index is 0.00000351. The maximum Gasteiger partial charge on any atom is 0.412 e. The van der Waals surface area contributed by atoms with Gasteiger partial charge in [-0.3, -0.25) is 5.32 Å². The van der Waals surface area contributed by atoms with Crippen LogP contribution < -0.4 is 27.7 Å². The van der Waals surface area contributed by atoms with E-state index in [1.54, 1.807) is 38.1 Å². The topological polar surface area (TPSA) is 140 Å². The summed E-state index contributed by atoms with van der Waals surface area (Å²) in [7, 11) is 0. The van der Waals surface area contributed by atoms with Gasteiger partial charge in [0, 0.05) is 40.7 Å². The van der Waals surface area contributed by atoms with Crippen molar-refractivity contribution in [2.45, 2.75) is 71.4 Å². The van der Waals surface area contributed by atoms with Gasteiger partial charge in [-0.25, -0.2) is 18.6 Å². The lowest BCUT2D eigenvalue weighted by Gasteiger charge is -2.32. The van der Waals surface area contributed by atoms with Gasteiger partial charge in [0.2, 0.25) is 0 Å². The summed E-state index contributed by atoms with van der Waals surface area (Å²) in [6.07, 6.45) is -0.116. The number of ether oxygens (including phenoxy) is 1. The Morgan fingerprint density at radius 3 is 2.53 bits per heavy atom. The molecule has 51 heavy (non-hydrogen) atoms. The molecule has 0 bridgehead atoms. The zero-order valence-corrected chi connectivity index (χ0v) is 31.0. The highest BCUT2D eigenvalue weighted by Crippen LogP contribution is 2.41. The Hall–Kier alpha value is -4.45. The fourth-order valence-electron chi connectivity index (χ4n) is 5.36. The molecule has 270 valence electrons. The SMILES string of the molecule is Cc1ccc(NC(=O)OC(C)c2nc[n+](C[C@](O)(c3cc(F)ccc3F)[C@@H](C)c3nc(-c4ccc(C#N)cc4)cs3)[nH]2)c(CNC(C)C)c1.Cl.[Cl-]. The summed E-state index contributed by atoms with van der Waals surface area (Å²) in [5, 5.41) is 32.8. The summed E-state index contributed by atoms with van der Waals surface area (Å²) in [5.74, 6) is -2.03. The normalized spacial score (nSPS) is 13.3. The summed E-state index contributed by atoms with van der Waals surface area (Å²) in [6.45, 7) is 9.69. The number of thiazole rings is 1. The molecule has 0 aliphatic heterocycles. The van der Waals surface area contributed by atoms with E-state index in [0.717, 1.165) is 34.9 Å². The van der Waals surface area contributed by atoms with Crippen LogP contribution in [0.5, 0.6) is 0 Å². The number of aromatic amines is 1. The van der Waals surface area contributed by atoms with Crippen molar-refractivity contribution in [3.63, 3.8) is 0 Å². The van der Waals surface area contributed by atoms with E-state index in [2.05, 4.69) is 26.8 Å². The van der Waals surface area contributed by atoms with Gasteiger partial charge in [-0.15, -0.1) is 23.7 Å². The van der Waals surface area contributed by atoms with Crippen molar-refractivity contribution in [2.75, 3.05) is 5.32 Å². The summed E-state index contributed by atoms with van der Waals surface area (Å²) in [5.41, 5.74) is 2.25. The molecule has 0 aliphatic rings. The van der Waals surface area contributed by atoms with Crippen molar-refractivity contribution in [3.05, 3.63) is 117 Å². The first-order chi connectivity index (χ1) is 23.4. The van der Waals surface area contributed by atoms with Crippen molar-refractivity contribution in [1.29, 1.82) is 5.26 Å². The molecule has 10 nitrogen and oxygen atoms in total. The molecule has 1 unspecified atom stereocenters. The molecule has 0 saturated carbocycles. The van der Waals surface area contributed by atoms with Crippen LogP contribution in [0.2, 0.25) is 0 Å². The number of hydrogen-bond donors (Lipinski definition) is 4.